The van der Waals surface area contributed by atoms with E-state index in [4.69, 9.17) is 10.2 Å². The molecule has 8 heavy (non-hydrogen) atoms. The van der Waals surface area contributed by atoms with Crippen molar-refractivity contribution in [3.05, 3.63) is 5.92 Å². The molecule has 0 saturated carbocycles. The minimum absolute atomic E-state index is 0.0312. The van der Waals surface area contributed by atoms with Gasteiger partial charge in [-0.15, -0.1) is 0 Å². The van der Waals surface area contributed by atoms with Gasteiger partial charge < -0.3 is 10.2 Å². The van der Waals surface area contributed by atoms with Crippen LogP contribution in [0.25, 0.3) is 0 Å². The van der Waals surface area contributed by atoms with Crippen molar-refractivity contribution in [1.29, 1.82) is 0 Å². The van der Waals surface area contributed by atoms with Crippen LogP contribution >= 0.6 is 0 Å². The number of aliphatic carboxylic acids is 1. The van der Waals surface area contributed by atoms with Crippen LogP contribution in [0.1, 0.15) is 13.3 Å². The molecule has 0 aliphatic rings. The topological polar surface area (TPSA) is 57.5 Å². The van der Waals surface area contributed by atoms with Crippen molar-refractivity contribution in [3.63, 3.8) is 0 Å². The molecule has 0 bridgehead atoms. The first-order valence-corrected chi connectivity index (χ1v) is 2.30. The largest absolute Gasteiger partial charge is 0.481 e. The molecule has 0 heterocycles. The average molecular weight is 117 g/mol. The minimum Gasteiger partial charge on any atom is -0.481 e. The minimum atomic E-state index is -0.892. The lowest BCUT2D eigenvalue weighted by Crippen LogP contribution is -2.05. The average Bonchev–Trinajstić information content (AvgIpc) is 1.65. The summed E-state index contributed by atoms with van der Waals surface area (Å²) in [6, 6.07) is 0. The zero-order chi connectivity index (χ0) is 6.57. The SMILES string of the molecule is C[C](CO)CC(=O)O. The molecule has 0 aromatic rings. The van der Waals surface area contributed by atoms with Gasteiger partial charge >= 0.3 is 5.97 Å². The fourth-order valence-corrected chi connectivity index (χ4v) is 0.314. The van der Waals surface area contributed by atoms with Crippen LogP contribution in [0.4, 0.5) is 0 Å². The van der Waals surface area contributed by atoms with Crippen molar-refractivity contribution in [3.8, 4) is 0 Å². The second kappa shape index (κ2) is 3.43. The van der Waals surface area contributed by atoms with Crippen molar-refractivity contribution in [1.82, 2.24) is 0 Å². The van der Waals surface area contributed by atoms with Crippen molar-refractivity contribution in [2.45, 2.75) is 13.3 Å². The summed E-state index contributed by atoms with van der Waals surface area (Å²) in [5.74, 6) is -0.311. The number of rotatable bonds is 3. The summed E-state index contributed by atoms with van der Waals surface area (Å²) in [5, 5.41) is 16.4. The number of carboxylic acid groups (broad SMARTS) is 1. The third-order valence-corrected chi connectivity index (χ3v) is 0.723. The Morgan fingerprint density at radius 1 is 1.62 bits per heavy atom. The van der Waals surface area contributed by atoms with Gasteiger partial charge in [-0.3, -0.25) is 4.79 Å². The molecule has 2 N–H and O–H groups in total. The van der Waals surface area contributed by atoms with Gasteiger partial charge in [-0.1, -0.05) is 6.92 Å². The van der Waals surface area contributed by atoms with Crippen molar-refractivity contribution < 1.29 is 15.0 Å². The van der Waals surface area contributed by atoms with E-state index in [1.807, 2.05) is 0 Å². The molecule has 0 rings (SSSR count). The zero-order valence-electron chi connectivity index (χ0n) is 4.72. The molecule has 0 aliphatic carbocycles. The van der Waals surface area contributed by atoms with Gasteiger partial charge in [0.2, 0.25) is 0 Å². The van der Waals surface area contributed by atoms with Crippen molar-refractivity contribution >= 4 is 5.97 Å². The van der Waals surface area contributed by atoms with Gasteiger partial charge in [-0.05, 0) is 0 Å². The maximum atomic E-state index is 9.84. The Morgan fingerprint density at radius 3 is 2.25 bits per heavy atom. The fraction of sp³-hybridized carbons (Fsp3) is 0.600. The van der Waals surface area contributed by atoms with Crippen molar-refractivity contribution in [2.75, 3.05) is 6.61 Å². The van der Waals surface area contributed by atoms with Gasteiger partial charge in [0, 0.05) is 12.5 Å². The molecule has 0 aromatic carbocycles. The molecule has 3 heteroatoms. The molecule has 1 radical (unpaired) electrons. The first kappa shape index (κ1) is 7.43. The number of aliphatic hydroxyl groups excluding tert-OH is 1. The van der Waals surface area contributed by atoms with Gasteiger partial charge in [0.1, 0.15) is 0 Å². The van der Waals surface area contributed by atoms with Crippen LogP contribution in [0.2, 0.25) is 0 Å². The van der Waals surface area contributed by atoms with Crippen LogP contribution in [0.3, 0.4) is 0 Å². The van der Waals surface area contributed by atoms with E-state index in [9.17, 15) is 4.79 Å². The van der Waals surface area contributed by atoms with E-state index in [0.717, 1.165) is 0 Å². The summed E-state index contributed by atoms with van der Waals surface area (Å²) in [7, 11) is 0. The third-order valence-electron chi connectivity index (χ3n) is 0.723. The molecular formula is C5H9O3. The lowest BCUT2D eigenvalue weighted by molar-refractivity contribution is -0.136. The number of carboxylic acids is 1. The maximum absolute atomic E-state index is 9.84. The summed E-state index contributed by atoms with van der Waals surface area (Å²) in [4.78, 5) is 9.84. The van der Waals surface area contributed by atoms with Crippen LogP contribution in [0.5, 0.6) is 0 Å². The highest BCUT2D eigenvalue weighted by molar-refractivity contribution is 5.68. The van der Waals surface area contributed by atoms with E-state index >= 15 is 0 Å². The van der Waals surface area contributed by atoms with Crippen LogP contribution in [-0.4, -0.2) is 22.8 Å². The molecule has 0 aromatic heterocycles. The Hall–Kier alpha value is -0.570. The molecule has 0 fully saturated rings. The van der Waals surface area contributed by atoms with E-state index in [0.29, 0.717) is 5.92 Å². The predicted octanol–water partition coefficient (Wildman–Crippen LogP) is 0.0478. The van der Waals surface area contributed by atoms with Crippen LogP contribution in [-0.2, 0) is 4.79 Å². The van der Waals surface area contributed by atoms with Crippen LogP contribution in [0.15, 0.2) is 0 Å². The van der Waals surface area contributed by atoms with Gasteiger partial charge in [0.25, 0.3) is 0 Å². The summed E-state index contributed by atoms with van der Waals surface area (Å²) in [5.41, 5.74) is 0. The second-order valence-electron chi connectivity index (χ2n) is 1.69. The molecule has 0 amide bonds. The second-order valence-corrected chi connectivity index (χ2v) is 1.69. The first-order valence-electron chi connectivity index (χ1n) is 2.30. The normalized spacial score (nSPS) is 9.88. The Balaban J connectivity index is 3.24. The zero-order valence-corrected chi connectivity index (χ0v) is 4.72. The Morgan fingerprint density at radius 2 is 2.12 bits per heavy atom. The van der Waals surface area contributed by atoms with Gasteiger partial charge in [0.15, 0.2) is 0 Å². The van der Waals surface area contributed by atoms with E-state index in [1.165, 1.54) is 0 Å². The van der Waals surface area contributed by atoms with E-state index in [1.54, 1.807) is 6.92 Å². The molecule has 0 spiro atoms. The molecule has 0 unspecified atom stereocenters. The summed E-state index contributed by atoms with van der Waals surface area (Å²) < 4.78 is 0. The van der Waals surface area contributed by atoms with E-state index < -0.39 is 5.97 Å². The number of carbonyl (C=O) groups is 1. The maximum Gasteiger partial charge on any atom is 0.304 e. The Labute approximate surface area is 47.9 Å². The lowest BCUT2D eigenvalue weighted by atomic mass is 10.1. The first-order chi connectivity index (χ1) is 3.66. The highest BCUT2D eigenvalue weighted by Crippen LogP contribution is 2.00. The highest BCUT2D eigenvalue weighted by atomic mass is 16.4. The third kappa shape index (κ3) is 3.61. The number of aliphatic hydroxyl groups is 1. The quantitative estimate of drug-likeness (QED) is 0.549. The highest BCUT2D eigenvalue weighted by Gasteiger charge is 2.04. The number of hydrogen-bond acceptors (Lipinski definition) is 2. The van der Waals surface area contributed by atoms with Crippen LogP contribution in [0, 0.1) is 5.92 Å². The smallest absolute Gasteiger partial charge is 0.304 e. The van der Waals surface area contributed by atoms with Gasteiger partial charge in [-0.25, -0.2) is 0 Å². The lowest BCUT2D eigenvalue weighted by Gasteiger charge is -1.99. The molecule has 0 saturated heterocycles. The van der Waals surface area contributed by atoms with Gasteiger partial charge in [0.05, 0.1) is 6.42 Å². The van der Waals surface area contributed by atoms with Crippen LogP contribution < -0.4 is 0 Å². The summed E-state index contributed by atoms with van der Waals surface area (Å²) in [6.07, 6.45) is -0.0312. The molecule has 3 nitrogen and oxygen atoms in total. The Kier molecular flexibility index (Phi) is 3.19. The summed E-state index contributed by atoms with van der Waals surface area (Å²) in [6.45, 7) is 1.47. The fourth-order valence-electron chi connectivity index (χ4n) is 0.314. The molecule has 0 atom stereocenters. The standard InChI is InChI=1S/C5H9O3/c1-4(3-6)2-5(7)8/h6H,2-3H2,1H3,(H,7,8). The summed E-state index contributed by atoms with van der Waals surface area (Å²) >= 11 is 0. The van der Waals surface area contributed by atoms with Crippen molar-refractivity contribution in [2.24, 2.45) is 0 Å². The van der Waals surface area contributed by atoms with E-state index in [2.05, 4.69) is 0 Å². The Bertz CT molecular complexity index is 79.7. The van der Waals surface area contributed by atoms with Gasteiger partial charge in [-0.2, -0.15) is 0 Å². The molecule has 0 aliphatic heterocycles. The monoisotopic (exact) mass is 117 g/mol. The van der Waals surface area contributed by atoms with E-state index in [-0.39, 0.29) is 13.0 Å². The molecule has 47 valence electrons. The predicted molar refractivity (Wildman–Crippen MR) is 28.3 cm³/mol. The number of hydrogen-bond donors (Lipinski definition) is 2. The molecular weight excluding hydrogens is 108 g/mol.